The van der Waals surface area contributed by atoms with E-state index in [1.807, 2.05) is 80.3 Å². The van der Waals surface area contributed by atoms with Crippen molar-refractivity contribution in [2.45, 2.75) is 66.3 Å². The molecule has 4 aromatic rings. The molecule has 0 bridgehead atoms. The first-order valence-corrected chi connectivity index (χ1v) is 13.4. The average Bonchev–Trinajstić information content (AvgIpc) is 2.92. The highest BCUT2D eigenvalue weighted by molar-refractivity contribution is 5.94. The maximum absolute atomic E-state index is 13.9. The summed E-state index contributed by atoms with van der Waals surface area (Å²) >= 11 is 0. The van der Waals surface area contributed by atoms with Crippen molar-refractivity contribution in [2.24, 2.45) is 0 Å². The lowest BCUT2D eigenvalue weighted by Gasteiger charge is -2.31. The Kier molecular flexibility index (Phi) is 8.22. The van der Waals surface area contributed by atoms with Crippen molar-refractivity contribution in [3.63, 3.8) is 0 Å². The average molecular weight is 496 g/mol. The van der Waals surface area contributed by atoms with Gasteiger partial charge in [-0.2, -0.15) is 0 Å². The number of unbranched alkanes of at least 4 members (excludes halogenated alkanes) is 1. The predicted molar refractivity (Wildman–Crippen MR) is 152 cm³/mol. The van der Waals surface area contributed by atoms with Crippen LogP contribution < -0.4 is 5.56 Å². The first-order valence-electron chi connectivity index (χ1n) is 13.4. The van der Waals surface area contributed by atoms with Crippen molar-refractivity contribution in [1.82, 2.24) is 14.5 Å². The first-order chi connectivity index (χ1) is 17.9. The number of aromatic nitrogens is 2. The van der Waals surface area contributed by atoms with E-state index in [0.29, 0.717) is 35.3 Å². The van der Waals surface area contributed by atoms with Crippen LogP contribution in [0.3, 0.4) is 0 Å². The monoisotopic (exact) mass is 495 g/mol. The fraction of sp³-hybridized carbons (Fsp3) is 0.344. The first kappa shape index (κ1) is 26.3. The number of carbonyl (C=O) groups excluding carboxylic acids is 1. The Morgan fingerprint density at radius 1 is 0.946 bits per heavy atom. The highest BCUT2D eigenvalue weighted by atomic mass is 16.2. The van der Waals surface area contributed by atoms with Gasteiger partial charge >= 0.3 is 0 Å². The minimum absolute atomic E-state index is 0.0505. The summed E-state index contributed by atoms with van der Waals surface area (Å²) in [6.45, 7) is 10.8. The van der Waals surface area contributed by atoms with E-state index >= 15 is 0 Å². The number of amides is 1. The highest BCUT2D eigenvalue weighted by Crippen LogP contribution is 2.28. The lowest BCUT2D eigenvalue weighted by Crippen LogP contribution is -2.38. The van der Waals surface area contributed by atoms with Gasteiger partial charge in [-0.3, -0.25) is 14.2 Å². The Bertz CT molecular complexity index is 1450. The zero-order valence-corrected chi connectivity index (χ0v) is 22.6. The third-order valence-corrected chi connectivity index (χ3v) is 7.23. The molecule has 1 amide bonds. The molecule has 0 N–H and O–H groups in total. The summed E-state index contributed by atoms with van der Waals surface area (Å²) < 4.78 is 1.70. The highest BCUT2D eigenvalue weighted by Gasteiger charge is 2.29. The molecule has 3 aromatic carbocycles. The van der Waals surface area contributed by atoms with Crippen LogP contribution in [0, 0.1) is 13.8 Å². The van der Waals surface area contributed by atoms with Gasteiger partial charge in [0.1, 0.15) is 5.82 Å². The SMILES string of the molecule is CCCCc1ccc(C(=O)N(CC)C(CC)c2nc3ccccc3c(=O)n2-c2ccc(C)c(C)c2)cc1. The van der Waals surface area contributed by atoms with Gasteiger partial charge in [-0.15, -0.1) is 0 Å². The second-order valence-corrected chi connectivity index (χ2v) is 9.71. The van der Waals surface area contributed by atoms with Crippen LogP contribution in [0.5, 0.6) is 0 Å². The lowest BCUT2D eigenvalue weighted by atomic mass is 10.0. The number of nitrogens with zero attached hydrogens (tertiary/aromatic N) is 3. The molecule has 0 saturated carbocycles. The Labute approximate surface area is 219 Å². The Balaban J connectivity index is 1.84. The molecular formula is C32H37N3O2. The van der Waals surface area contributed by atoms with E-state index in [1.165, 1.54) is 5.56 Å². The number of carbonyl (C=O) groups is 1. The molecule has 0 aliphatic heterocycles. The second kappa shape index (κ2) is 11.5. The maximum atomic E-state index is 13.9. The third-order valence-electron chi connectivity index (χ3n) is 7.23. The zero-order chi connectivity index (χ0) is 26.5. The zero-order valence-electron chi connectivity index (χ0n) is 22.6. The second-order valence-electron chi connectivity index (χ2n) is 9.71. The molecule has 192 valence electrons. The number of rotatable bonds is 9. The number of hydrogen-bond donors (Lipinski definition) is 0. The summed E-state index contributed by atoms with van der Waals surface area (Å²) in [7, 11) is 0. The predicted octanol–water partition coefficient (Wildman–Crippen LogP) is 6.96. The normalized spacial score (nSPS) is 12.0. The third kappa shape index (κ3) is 5.36. The van der Waals surface area contributed by atoms with E-state index in [0.717, 1.165) is 36.1 Å². The smallest absolute Gasteiger partial charge is 0.266 e. The molecular weight excluding hydrogens is 458 g/mol. The number of fused-ring (bicyclic) bond motifs is 1. The van der Waals surface area contributed by atoms with E-state index < -0.39 is 0 Å². The van der Waals surface area contributed by atoms with E-state index in [-0.39, 0.29) is 17.5 Å². The van der Waals surface area contributed by atoms with Gasteiger partial charge in [0.25, 0.3) is 11.5 Å². The molecule has 1 heterocycles. The van der Waals surface area contributed by atoms with Gasteiger partial charge in [0, 0.05) is 12.1 Å². The molecule has 0 aliphatic carbocycles. The quantitative estimate of drug-likeness (QED) is 0.252. The molecule has 0 saturated heterocycles. The van der Waals surface area contributed by atoms with Gasteiger partial charge in [-0.1, -0.05) is 50.6 Å². The lowest BCUT2D eigenvalue weighted by molar-refractivity contribution is 0.0672. The Hall–Kier alpha value is -3.73. The van der Waals surface area contributed by atoms with Crippen LogP contribution in [0.15, 0.2) is 71.5 Å². The molecule has 0 spiro atoms. The van der Waals surface area contributed by atoms with Gasteiger partial charge in [0.2, 0.25) is 0 Å². The molecule has 4 rings (SSSR count). The fourth-order valence-corrected chi connectivity index (χ4v) is 4.90. The van der Waals surface area contributed by atoms with E-state index in [4.69, 9.17) is 4.98 Å². The van der Waals surface area contributed by atoms with Crippen LogP contribution in [0.4, 0.5) is 0 Å². The van der Waals surface area contributed by atoms with Gasteiger partial charge in [-0.25, -0.2) is 4.98 Å². The van der Waals surface area contributed by atoms with Crippen molar-refractivity contribution < 1.29 is 4.79 Å². The molecule has 0 aliphatic rings. The summed E-state index contributed by atoms with van der Waals surface area (Å²) in [5.74, 6) is 0.537. The van der Waals surface area contributed by atoms with E-state index in [1.54, 1.807) is 4.57 Å². The van der Waals surface area contributed by atoms with Crippen molar-refractivity contribution in [3.05, 3.63) is 105 Å². The molecule has 1 aromatic heterocycles. The van der Waals surface area contributed by atoms with Crippen LogP contribution >= 0.6 is 0 Å². The topological polar surface area (TPSA) is 55.2 Å². The fourth-order valence-electron chi connectivity index (χ4n) is 4.90. The van der Waals surface area contributed by atoms with Crippen molar-refractivity contribution in [2.75, 3.05) is 6.54 Å². The molecule has 37 heavy (non-hydrogen) atoms. The van der Waals surface area contributed by atoms with Gasteiger partial charge < -0.3 is 4.90 Å². The van der Waals surface area contributed by atoms with Gasteiger partial charge in [0.05, 0.1) is 22.6 Å². The molecule has 0 radical (unpaired) electrons. The van der Waals surface area contributed by atoms with Crippen molar-refractivity contribution in [1.29, 1.82) is 0 Å². The van der Waals surface area contributed by atoms with E-state index in [9.17, 15) is 9.59 Å². The van der Waals surface area contributed by atoms with Crippen molar-refractivity contribution in [3.8, 4) is 5.69 Å². The molecule has 5 heteroatoms. The number of aryl methyl sites for hydroxylation is 3. The van der Waals surface area contributed by atoms with Crippen LogP contribution in [-0.2, 0) is 6.42 Å². The number of hydrogen-bond acceptors (Lipinski definition) is 3. The summed E-state index contributed by atoms with van der Waals surface area (Å²) in [4.78, 5) is 34.5. The maximum Gasteiger partial charge on any atom is 0.266 e. The molecule has 5 nitrogen and oxygen atoms in total. The molecule has 1 unspecified atom stereocenters. The largest absolute Gasteiger partial charge is 0.329 e. The Morgan fingerprint density at radius 3 is 2.32 bits per heavy atom. The molecule has 1 atom stereocenters. The minimum Gasteiger partial charge on any atom is -0.329 e. The van der Waals surface area contributed by atoms with Crippen LogP contribution in [-0.4, -0.2) is 26.9 Å². The van der Waals surface area contributed by atoms with Gasteiger partial charge in [-0.05, 0) is 93.1 Å². The Morgan fingerprint density at radius 2 is 1.68 bits per heavy atom. The summed E-state index contributed by atoms with van der Waals surface area (Å²) in [6, 6.07) is 21.0. The van der Waals surface area contributed by atoms with E-state index in [2.05, 4.69) is 26.0 Å². The van der Waals surface area contributed by atoms with Gasteiger partial charge in [0.15, 0.2) is 0 Å². The van der Waals surface area contributed by atoms with Crippen LogP contribution in [0.1, 0.15) is 78.9 Å². The summed E-state index contributed by atoms with van der Waals surface area (Å²) in [5.41, 5.74) is 5.45. The van der Waals surface area contributed by atoms with Crippen LogP contribution in [0.2, 0.25) is 0 Å². The molecule has 0 fully saturated rings. The number of para-hydroxylation sites is 1. The number of benzene rings is 3. The summed E-state index contributed by atoms with van der Waals surface area (Å²) in [5, 5.41) is 0.566. The minimum atomic E-state index is -0.365. The summed E-state index contributed by atoms with van der Waals surface area (Å²) in [6.07, 6.45) is 3.92. The van der Waals surface area contributed by atoms with Crippen LogP contribution in [0.25, 0.3) is 16.6 Å². The van der Waals surface area contributed by atoms with Crippen molar-refractivity contribution >= 4 is 16.8 Å². The standard InChI is InChI=1S/C32H37N3O2/c1-6-9-12-24-16-18-25(19-17-24)31(36)34(8-3)29(7-2)30-33-28-14-11-10-13-27(28)32(37)35(30)26-20-15-22(4)23(5)21-26/h10-11,13-21,29H,6-9,12H2,1-5H3.